The Morgan fingerprint density at radius 3 is 2.38 bits per heavy atom. The Kier molecular flexibility index (Phi) is 8.77. The maximum absolute atomic E-state index is 15.0. The molecule has 0 unspecified atom stereocenters. The zero-order valence-electron chi connectivity index (χ0n) is 23.8. The summed E-state index contributed by atoms with van der Waals surface area (Å²) in [5.41, 5.74) is 2.50. The zero-order chi connectivity index (χ0) is 32.6. The Labute approximate surface area is 251 Å². The molecule has 18 heteroatoms. The fourth-order valence-electron chi connectivity index (χ4n) is 5.30. The van der Waals surface area contributed by atoms with Crippen molar-refractivity contribution in [3.8, 4) is 11.3 Å². The number of benzene rings is 1. The summed E-state index contributed by atoms with van der Waals surface area (Å²) in [6.07, 6.45) is -6.67. The van der Waals surface area contributed by atoms with E-state index >= 15 is 4.39 Å². The van der Waals surface area contributed by atoms with Crippen molar-refractivity contribution in [3.63, 3.8) is 0 Å². The number of nitrogens with one attached hydrogen (secondary N) is 3. The van der Waals surface area contributed by atoms with E-state index in [0.29, 0.717) is 12.8 Å². The number of nitrogens with two attached hydrogens (primary N) is 1. The van der Waals surface area contributed by atoms with Crippen LogP contribution in [0.2, 0.25) is 0 Å². The molecule has 0 spiro atoms. The molecule has 5 rings (SSSR count). The SMILES string of the molecule is Cn1c(-c2c(C(F)(F)F)n[nH]c2CC(F)F)cnc1C(=O)Nc1ccc(C(=O)N2CCN(C(=O)NC3CC(N)C3)CC2)c(F)c1. The molecule has 0 atom stereocenters. The highest BCUT2D eigenvalue weighted by Gasteiger charge is 2.40. The van der Waals surface area contributed by atoms with Crippen LogP contribution >= 0.6 is 0 Å². The molecule has 1 aliphatic heterocycles. The number of carbonyl (C=O) groups is 3. The Bertz CT molecular complexity index is 1590. The van der Waals surface area contributed by atoms with Gasteiger partial charge < -0.3 is 30.7 Å². The summed E-state index contributed by atoms with van der Waals surface area (Å²) in [4.78, 5) is 45.2. The maximum atomic E-state index is 15.0. The van der Waals surface area contributed by atoms with Gasteiger partial charge in [-0.15, -0.1) is 0 Å². The number of carbonyl (C=O) groups excluding carboxylic acids is 3. The molecular formula is C27H29F6N9O3. The second-order valence-electron chi connectivity index (χ2n) is 10.9. The van der Waals surface area contributed by atoms with E-state index in [1.54, 1.807) is 4.90 Å². The van der Waals surface area contributed by atoms with Crippen molar-refractivity contribution in [3.05, 3.63) is 53.0 Å². The maximum Gasteiger partial charge on any atom is 0.435 e. The molecule has 242 valence electrons. The number of imidazole rings is 1. The van der Waals surface area contributed by atoms with Crippen LogP contribution in [0, 0.1) is 5.82 Å². The van der Waals surface area contributed by atoms with Gasteiger partial charge in [0.25, 0.3) is 11.8 Å². The molecule has 2 aromatic heterocycles. The average Bonchev–Trinajstić information content (AvgIpc) is 3.54. The zero-order valence-corrected chi connectivity index (χ0v) is 23.8. The number of aromatic nitrogens is 4. The van der Waals surface area contributed by atoms with Crippen LogP contribution in [-0.4, -0.2) is 92.1 Å². The average molecular weight is 642 g/mol. The van der Waals surface area contributed by atoms with E-state index in [9.17, 15) is 36.3 Å². The number of rotatable bonds is 7. The van der Waals surface area contributed by atoms with Crippen molar-refractivity contribution < 1.29 is 40.7 Å². The molecule has 1 saturated heterocycles. The molecule has 3 aromatic rings. The molecule has 4 amide bonds. The summed E-state index contributed by atoms with van der Waals surface area (Å²) >= 11 is 0. The molecule has 1 aliphatic carbocycles. The number of piperazine rings is 1. The number of hydrogen-bond donors (Lipinski definition) is 4. The number of amides is 4. The fourth-order valence-corrected chi connectivity index (χ4v) is 5.30. The van der Waals surface area contributed by atoms with Gasteiger partial charge >= 0.3 is 12.2 Å². The van der Waals surface area contributed by atoms with Gasteiger partial charge in [-0.05, 0) is 31.0 Å². The normalized spacial score (nSPS) is 18.6. The predicted octanol–water partition coefficient (Wildman–Crippen LogP) is 2.99. The summed E-state index contributed by atoms with van der Waals surface area (Å²) in [5.74, 6) is -2.88. The van der Waals surface area contributed by atoms with Gasteiger partial charge in [-0.25, -0.2) is 22.9 Å². The molecule has 5 N–H and O–H groups in total. The number of aromatic amines is 1. The third kappa shape index (κ3) is 6.74. The summed E-state index contributed by atoms with van der Waals surface area (Å²) in [5, 5.41) is 10.4. The van der Waals surface area contributed by atoms with Crippen molar-refractivity contribution >= 4 is 23.5 Å². The summed E-state index contributed by atoms with van der Waals surface area (Å²) in [6, 6.07) is 3.21. The number of nitrogens with zero attached hydrogens (tertiary/aromatic N) is 5. The lowest BCUT2D eigenvalue weighted by atomic mass is 9.88. The van der Waals surface area contributed by atoms with E-state index in [-0.39, 0.29) is 61.2 Å². The van der Waals surface area contributed by atoms with Gasteiger partial charge in [0.15, 0.2) is 11.5 Å². The lowest BCUT2D eigenvalue weighted by Gasteiger charge is -2.38. The van der Waals surface area contributed by atoms with Crippen molar-refractivity contribution in [1.82, 2.24) is 34.9 Å². The highest BCUT2D eigenvalue weighted by Crippen LogP contribution is 2.38. The Morgan fingerprint density at radius 1 is 1.11 bits per heavy atom. The molecule has 0 radical (unpaired) electrons. The Hall–Kier alpha value is -4.61. The smallest absolute Gasteiger partial charge is 0.335 e. The van der Waals surface area contributed by atoms with Crippen LogP contribution in [0.25, 0.3) is 11.3 Å². The van der Waals surface area contributed by atoms with Crippen LogP contribution in [0.3, 0.4) is 0 Å². The first-order chi connectivity index (χ1) is 21.2. The van der Waals surface area contributed by atoms with Gasteiger partial charge in [0.1, 0.15) is 5.82 Å². The quantitative estimate of drug-likeness (QED) is 0.291. The minimum Gasteiger partial charge on any atom is -0.335 e. The standard InChI is InChI=1S/C27H29F6N9O3/c1-40-19(21-18(11-20(29)30)38-39-22(21)27(31,32)33)12-35-23(40)24(43)36-14-2-3-16(17(28)10-14)25(44)41-4-6-42(7-5-41)26(45)37-15-8-13(34)9-15/h2-3,10,12-13,15,20H,4-9,11,34H2,1H3,(H,36,43)(H,37,45)(H,38,39). The molecule has 45 heavy (non-hydrogen) atoms. The second kappa shape index (κ2) is 12.4. The Balaban J connectivity index is 1.24. The molecule has 1 aromatic carbocycles. The topological polar surface area (TPSA) is 154 Å². The minimum atomic E-state index is -4.98. The molecule has 12 nitrogen and oxygen atoms in total. The molecule has 0 bridgehead atoms. The van der Waals surface area contributed by atoms with Crippen molar-refractivity contribution in [2.24, 2.45) is 12.8 Å². The van der Waals surface area contributed by atoms with Crippen LogP contribution in [0.5, 0.6) is 0 Å². The first-order valence-electron chi connectivity index (χ1n) is 13.9. The molecule has 3 heterocycles. The summed E-state index contributed by atoms with van der Waals surface area (Å²) in [7, 11) is 1.21. The van der Waals surface area contributed by atoms with Gasteiger partial charge in [-0.3, -0.25) is 14.7 Å². The van der Waals surface area contributed by atoms with E-state index in [0.717, 1.165) is 16.8 Å². The van der Waals surface area contributed by atoms with Gasteiger partial charge in [-0.2, -0.15) is 18.3 Å². The monoisotopic (exact) mass is 641 g/mol. The second-order valence-corrected chi connectivity index (χ2v) is 10.9. The van der Waals surface area contributed by atoms with E-state index in [4.69, 9.17) is 5.73 Å². The number of anilines is 1. The number of hydrogen-bond acceptors (Lipinski definition) is 6. The molecule has 1 saturated carbocycles. The van der Waals surface area contributed by atoms with Crippen molar-refractivity contribution in [2.45, 2.75) is 43.9 Å². The van der Waals surface area contributed by atoms with E-state index in [1.807, 2.05) is 5.10 Å². The number of urea groups is 1. The summed E-state index contributed by atoms with van der Waals surface area (Å²) < 4.78 is 82.8. The van der Waals surface area contributed by atoms with Gasteiger partial charge in [0.05, 0.1) is 35.1 Å². The lowest BCUT2D eigenvalue weighted by molar-refractivity contribution is -0.140. The van der Waals surface area contributed by atoms with Crippen LogP contribution in [-0.2, 0) is 19.6 Å². The molecular weight excluding hydrogens is 612 g/mol. The molecule has 2 aliphatic rings. The first-order valence-corrected chi connectivity index (χ1v) is 13.9. The number of alkyl halides is 5. The number of halogens is 6. The van der Waals surface area contributed by atoms with Gasteiger partial charge in [0.2, 0.25) is 6.43 Å². The molecule has 2 fully saturated rings. The van der Waals surface area contributed by atoms with Crippen LogP contribution in [0.15, 0.2) is 24.4 Å². The minimum absolute atomic E-state index is 0.0317. The van der Waals surface area contributed by atoms with E-state index in [2.05, 4.69) is 20.7 Å². The van der Waals surface area contributed by atoms with Crippen LogP contribution in [0.4, 0.5) is 36.8 Å². The van der Waals surface area contributed by atoms with Crippen molar-refractivity contribution in [1.29, 1.82) is 0 Å². The third-order valence-corrected chi connectivity index (χ3v) is 7.73. The van der Waals surface area contributed by atoms with E-state index in [1.165, 1.54) is 24.1 Å². The van der Waals surface area contributed by atoms with Gasteiger partial charge in [-0.1, -0.05) is 0 Å². The largest absolute Gasteiger partial charge is 0.435 e. The highest BCUT2D eigenvalue weighted by molar-refractivity contribution is 6.03. The first kappa shape index (κ1) is 31.8. The number of H-pyrrole nitrogens is 1. The Morgan fingerprint density at radius 2 is 1.78 bits per heavy atom. The highest BCUT2D eigenvalue weighted by atomic mass is 19.4. The van der Waals surface area contributed by atoms with Crippen LogP contribution in [0.1, 0.15) is 45.2 Å². The van der Waals surface area contributed by atoms with Crippen LogP contribution < -0.4 is 16.4 Å². The van der Waals surface area contributed by atoms with Gasteiger partial charge in [0, 0.05) is 51.0 Å². The fraction of sp³-hybridized carbons (Fsp3) is 0.444. The predicted molar refractivity (Wildman–Crippen MR) is 147 cm³/mol. The van der Waals surface area contributed by atoms with Crippen molar-refractivity contribution in [2.75, 3.05) is 31.5 Å². The third-order valence-electron chi connectivity index (χ3n) is 7.73. The summed E-state index contributed by atoms with van der Waals surface area (Å²) in [6.45, 7) is 0.874. The lowest BCUT2D eigenvalue weighted by Crippen LogP contribution is -2.57. The van der Waals surface area contributed by atoms with E-state index < -0.39 is 59.4 Å².